The van der Waals surface area contributed by atoms with Crippen LogP contribution in [0.15, 0.2) is 24.5 Å². The van der Waals surface area contributed by atoms with Gasteiger partial charge in [-0.05, 0) is 43.5 Å². The highest BCUT2D eigenvalue weighted by atomic mass is 16.5. The molecule has 0 aliphatic rings. The molecule has 18 heavy (non-hydrogen) atoms. The van der Waals surface area contributed by atoms with Crippen LogP contribution in [-0.4, -0.2) is 14.8 Å². The SMILES string of the molecule is CCCn1ncnc1COc1cc(C)cc(C)c1. The highest BCUT2D eigenvalue weighted by Gasteiger charge is 2.05. The minimum absolute atomic E-state index is 0.461. The summed E-state index contributed by atoms with van der Waals surface area (Å²) in [7, 11) is 0. The van der Waals surface area contributed by atoms with E-state index in [0.29, 0.717) is 6.61 Å². The molecular weight excluding hydrogens is 226 g/mol. The number of nitrogens with zero attached hydrogens (tertiary/aromatic N) is 3. The monoisotopic (exact) mass is 245 g/mol. The Morgan fingerprint density at radius 2 is 1.89 bits per heavy atom. The Kier molecular flexibility index (Phi) is 3.97. The van der Waals surface area contributed by atoms with Gasteiger partial charge in [-0.3, -0.25) is 0 Å². The van der Waals surface area contributed by atoms with Crippen molar-refractivity contribution in [1.29, 1.82) is 0 Å². The molecule has 0 fully saturated rings. The Morgan fingerprint density at radius 3 is 2.56 bits per heavy atom. The predicted octanol–water partition coefficient (Wildman–Crippen LogP) is 2.88. The van der Waals surface area contributed by atoms with Gasteiger partial charge in [0.25, 0.3) is 0 Å². The molecule has 0 saturated heterocycles. The van der Waals surface area contributed by atoms with Gasteiger partial charge >= 0.3 is 0 Å². The minimum atomic E-state index is 0.461. The maximum atomic E-state index is 5.78. The second kappa shape index (κ2) is 5.67. The van der Waals surface area contributed by atoms with Gasteiger partial charge in [-0.15, -0.1) is 0 Å². The van der Waals surface area contributed by atoms with Crippen LogP contribution < -0.4 is 4.74 Å². The number of aromatic nitrogens is 3. The summed E-state index contributed by atoms with van der Waals surface area (Å²) in [4.78, 5) is 4.22. The van der Waals surface area contributed by atoms with Crippen molar-refractivity contribution in [1.82, 2.24) is 14.8 Å². The number of ether oxygens (including phenoxy) is 1. The molecule has 4 nitrogen and oxygen atoms in total. The maximum Gasteiger partial charge on any atom is 0.164 e. The molecule has 0 aliphatic heterocycles. The Hall–Kier alpha value is -1.84. The number of aryl methyl sites for hydroxylation is 3. The summed E-state index contributed by atoms with van der Waals surface area (Å²) in [5.74, 6) is 1.76. The zero-order chi connectivity index (χ0) is 13.0. The van der Waals surface area contributed by atoms with E-state index in [0.717, 1.165) is 24.5 Å². The van der Waals surface area contributed by atoms with Gasteiger partial charge < -0.3 is 4.74 Å². The first-order valence-corrected chi connectivity index (χ1v) is 6.27. The van der Waals surface area contributed by atoms with Crippen molar-refractivity contribution in [2.75, 3.05) is 0 Å². The van der Waals surface area contributed by atoms with E-state index < -0.39 is 0 Å². The Balaban J connectivity index is 2.04. The molecule has 0 amide bonds. The lowest BCUT2D eigenvalue weighted by Crippen LogP contribution is -2.08. The van der Waals surface area contributed by atoms with Gasteiger partial charge in [0.2, 0.25) is 0 Å². The van der Waals surface area contributed by atoms with Crippen molar-refractivity contribution in [3.05, 3.63) is 41.5 Å². The van der Waals surface area contributed by atoms with E-state index in [-0.39, 0.29) is 0 Å². The van der Waals surface area contributed by atoms with Crippen molar-refractivity contribution < 1.29 is 4.74 Å². The summed E-state index contributed by atoms with van der Waals surface area (Å²) < 4.78 is 7.67. The lowest BCUT2D eigenvalue weighted by atomic mass is 10.1. The van der Waals surface area contributed by atoms with Gasteiger partial charge in [0.05, 0.1) is 0 Å². The number of hydrogen-bond acceptors (Lipinski definition) is 3. The van der Waals surface area contributed by atoms with Crippen LogP contribution >= 0.6 is 0 Å². The van der Waals surface area contributed by atoms with E-state index in [1.165, 1.54) is 11.1 Å². The van der Waals surface area contributed by atoms with Crippen molar-refractivity contribution in [2.45, 2.75) is 40.3 Å². The summed E-state index contributed by atoms with van der Waals surface area (Å²) in [6, 6.07) is 6.20. The smallest absolute Gasteiger partial charge is 0.164 e. The third kappa shape index (κ3) is 3.09. The first kappa shape index (κ1) is 12.6. The second-order valence-corrected chi connectivity index (χ2v) is 4.51. The Morgan fingerprint density at radius 1 is 1.17 bits per heavy atom. The van der Waals surface area contributed by atoms with Gasteiger partial charge in [0.15, 0.2) is 5.82 Å². The summed E-state index contributed by atoms with van der Waals surface area (Å²) in [6.07, 6.45) is 2.62. The molecule has 2 rings (SSSR count). The first-order valence-electron chi connectivity index (χ1n) is 6.27. The third-order valence-electron chi connectivity index (χ3n) is 2.69. The van der Waals surface area contributed by atoms with Crippen LogP contribution in [0.1, 0.15) is 30.3 Å². The van der Waals surface area contributed by atoms with Gasteiger partial charge in [-0.2, -0.15) is 5.10 Å². The minimum Gasteiger partial charge on any atom is -0.486 e. The predicted molar refractivity (Wildman–Crippen MR) is 70.6 cm³/mol. The number of benzene rings is 1. The molecule has 0 radical (unpaired) electrons. The Labute approximate surface area is 108 Å². The highest BCUT2D eigenvalue weighted by molar-refractivity contribution is 5.32. The molecule has 96 valence electrons. The molecular formula is C14H19N3O. The fourth-order valence-corrected chi connectivity index (χ4v) is 1.96. The maximum absolute atomic E-state index is 5.78. The molecule has 0 aliphatic carbocycles. The normalized spacial score (nSPS) is 10.6. The van der Waals surface area contributed by atoms with Crippen molar-refractivity contribution in [3.8, 4) is 5.75 Å². The molecule has 0 atom stereocenters. The van der Waals surface area contributed by atoms with E-state index in [4.69, 9.17) is 4.74 Å². The molecule has 0 spiro atoms. The average Bonchev–Trinajstić information content (AvgIpc) is 2.73. The van der Waals surface area contributed by atoms with E-state index in [1.807, 2.05) is 16.8 Å². The summed E-state index contributed by atoms with van der Waals surface area (Å²) >= 11 is 0. The van der Waals surface area contributed by atoms with Gasteiger partial charge in [-0.25, -0.2) is 9.67 Å². The topological polar surface area (TPSA) is 39.9 Å². The molecule has 0 unspecified atom stereocenters. The van der Waals surface area contributed by atoms with Crippen molar-refractivity contribution in [2.24, 2.45) is 0 Å². The molecule has 2 aromatic rings. The standard InChI is InChI=1S/C14H19N3O/c1-4-5-17-14(15-10-16-17)9-18-13-7-11(2)6-12(3)8-13/h6-8,10H,4-5,9H2,1-3H3. The molecule has 0 N–H and O–H groups in total. The average molecular weight is 245 g/mol. The zero-order valence-electron chi connectivity index (χ0n) is 11.2. The molecule has 0 bridgehead atoms. The quantitative estimate of drug-likeness (QED) is 0.813. The van der Waals surface area contributed by atoms with Crippen molar-refractivity contribution in [3.63, 3.8) is 0 Å². The number of hydrogen-bond donors (Lipinski definition) is 0. The van der Waals surface area contributed by atoms with Crippen LogP contribution in [0, 0.1) is 13.8 Å². The van der Waals surface area contributed by atoms with Crippen LogP contribution in [0.5, 0.6) is 5.75 Å². The van der Waals surface area contributed by atoms with E-state index in [2.05, 4.69) is 36.9 Å². The fourth-order valence-electron chi connectivity index (χ4n) is 1.96. The molecule has 1 aromatic carbocycles. The van der Waals surface area contributed by atoms with Crippen LogP contribution in [0.4, 0.5) is 0 Å². The van der Waals surface area contributed by atoms with E-state index in [9.17, 15) is 0 Å². The van der Waals surface area contributed by atoms with Gasteiger partial charge in [0, 0.05) is 6.54 Å². The third-order valence-corrected chi connectivity index (χ3v) is 2.69. The lowest BCUT2D eigenvalue weighted by Gasteiger charge is -2.08. The Bertz CT molecular complexity index is 499. The fraction of sp³-hybridized carbons (Fsp3) is 0.429. The van der Waals surface area contributed by atoms with Crippen LogP contribution in [0.3, 0.4) is 0 Å². The lowest BCUT2D eigenvalue weighted by molar-refractivity contribution is 0.286. The van der Waals surface area contributed by atoms with Crippen LogP contribution in [-0.2, 0) is 13.2 Å². The second-order valence-electron chi connectivity index (χ2n) is 4.51. The van der Waals surface area contributed by atoms with E-state index in [1.54, 1.807) is 6.33 Å². The molecule has 0 saturated carbocycles. The highest BCUT2D eigenvalue weighted by Crippen LogP contribution is 2.17. The van der Waals surface area contributed by atoms with Gasteiger partial charge in [-0.1, -0.05) is 13.0 Å². The first-order chi connectivity index (χ1) is 8.69. The molecule has 4 heteroatoms. The largest absolute Gasteiger partial charge is 0.486 e. The molecule has 1 aromatic heterocycles. The summed E-state index contributed by atoms with van der Waals surface area (Å²) in [5.41, 5.74) is 2.42. The number of rotatable bonds is 5. The van der Waals surface area contributed by atoms with Crippen LogP contribution in [0.2, 0.25) is 0 Å². The van der Waals surface area contributed by atoms with Crippen LogP contribution in [0.25, 0.3) is 0 Å². The van der Waals surface area contributed by atoms with Gasteiger partial charge in [0.1, 0.15) is 18.7 Å². The summed E-state index contributed by atoms with van der Waals surface area (Å²) in [6.45, 7) is 7.60. The van der Waals surface area contributed by atoms with E-state index >= 15 is 0 Å². The summed E-state index contributed by atoms with van der Waals surface area (Å²) in [5, 5.41) is 4.18. The zero-order valence-corrected chi connectivity index (χ0v) is 11.2. The molecule has 1 heterocycles. The van der Waals surface area contributed by atoms with Crippen molar-refractivity contribution >= 4 is 0 Å².